The molecule has 0 bridgehead atoms. The van der Waals surface area contributed by atoms with Crippen LogP contribution < -0.4 is 5.32 Å². The topological polar surface area (TPSA) is 56.0 Å². The summed E-state index contributed by atoms with van der Waals surface area (Å²) in [5.41, 5.74) is 0.510. The molecule has 0 amide bonds. The summed E-state index contributed by atoms with van der Waals surface area (Å²) < 4.78 is 13.4. The Morgan fingerprint density at radius 1 is 1.47 bits per heavy atom. The van der Waals surface area contributed by atoms with E-state index in [1.807, 2.05) is 19.9 Å². The van der Waals surface area contributed by atoms with Crippen molar-refractivity contribution in [2.24, 2.45) is 5.92 Å². The summed E-state index contributed by atoms with van der Waals surface area (Å²) in [6.07, 6.45) is 0.569. The minimum atomic E-state index is -0.524. The smallest absolute Gasteiger partial charge is 0.143 e. The van der Waals surface area contributed by atoms with Gasteiger partial charge in [-0.2, -0.15) is 5.26 Å². The van der Waals surface area contributed by atoms with Gasteiger partial charge in [-0.3, -0.25) is 0 Å². The number of anilines is 1. The fourth-order valence-electron chi connectivity index (χ4n) is 1.67. The van der Waals surface area contributed by atoms with Crippen LogP contribution in [-0.4, -0.2) is 17.8 Å². The Bertz CT molecular complexity index is 412. The second-order valence-corrected chi connectivity index (χ2v) is 4.28. The number of rotatable bonds is 5. The fourth-order valence-corrected chi connectivity index (χ4v) is 1.67. The molecule has 4 heteroatoms. The summed E-state index contributed by atoms with van der Waals surface area (Å²) in [7, 11) is 0. The van der Waals surface area contributed by atoms with Crippen LogP contribution in [0.2, 0.25) is 0 Å². The van der Waals surface area contributed by atoms with Crippen molar-refractivity contribution in [2.75, 3.05) is 11.9 Å². The Kier molecular flexibility index (Phi) is 4.92. The van der Waals surface area contributed by atoms with E-state index in [-0.39, 0.29) is 24.1 Å². The van der Waals surface area contributed by atoms with E-state index in [4.69, 9.17) is 10.4 Å². The molecule has 0 aliphatic rings. The van der Waals surface area contributed by atoms with Gasteiger partial charge in [0.15, 0.2) is 0 Å². The molecule has 0 radical (unpaired) electrons. The number of nitrogens with one attached hydrogen (secondary N) is 1. The zero-order valence-corrected chi connectivity index (χ0v) is 10.1. The van der Waals surface area contributed by atoms with Gasteiger partial charge >= 0.3 is 0 Å². The van der Waals surface area contributed by atoms with Crippen molar-refractivity contribution in [3.05, 3.63) is 29.6 Å². The summed E-state index contributed by atoms with van der Waals surface area (Å²) in [6, 6.07) is 6.38. The van der Waals surface area contributed by atoms with Crippen molar-refractivity contribution in [1.29, 1.82) is 5.26 Å². The van der Waals surface area contributed by atoms with Crippen LogP contribution in [0, 0.1) is 23.1 Å². The van der Waals surface area contributed by atoms with E-state index in [9.17, 15) is 4.39 Å². The fraction of sp³-hybridized carbons (Fsp3) is 0.462. The number of aliphatic hydroxyl groups excluding tert-OH is 1. The van der Waals surface area contributed by atoms with Crippen LogP contribution >= 0.6 is 0 Å². The van der Waals surface area contributed by atoms with Gasteiger partial charge in [0.1, 0.15) is 17.4 Å². The van der Waals surface area contributed by atoms with E-state index in [1.54, 1.807) is 12.1 Å². The van der Waals surface area contributed by atoms with Crippen molar-refractivity contribution in [3.63, 3.8) is 0 Å². The van der Waals surface area contributed by atoms with Gasteiger partial charge in [-0.15, -0.1) is 0 Å². The Morgan fingerprint density at radius 2 is 2.18 bits per heavy atom. The minimum Gasteiger partial charge on any atom is -0.396 e. The van der Waals surface area contributed by atoms with Gasteiger partial charge in [0.2, 0.25) is 0 Å². The highest BCUT2D eigenvalue weighted by Gasteiger charge is 2.15. The lowest BCUT2D eigenvalue weighted by molar-refractivity contribution is 0.267. The second-order valence-electron chi connectivity index (χ2n) is 4.28. The van der Waals surface area contributed by atoms with Gasteiger partial charge in [0, 0.05) is 12.6 Å². The Labute approximate surface area is 101 Å². The van der Waals surface area contributed by atoms with Crippen molar-refractivity contribution in [2.45, 2.75) is 26.3 Å². The molecule has 0 spiro atoms. The van der Waals surface area contributed by atoms with Gasteiger partial charge in [-0.05, 0) is 24.5 Å². The summed E-state index contributed by atoms with van der Waals surface area (Å²) in [5.74, 6) is -0.235. The van der Waals surface area contributed by atoms with Crippen LogP contribution in [0.15, 0.2) is 18.2 Å². The zero-order valence-electron chi connectivity index (χ0n) is 10.1. The highest BCUT2D eigenvalue weighted by Crippen LogP contribution is 2.21. The van der Waals surface area contributed by atoms with Gasteiger partial charge in [0.25, 0.3) is 0 Å². The van der Waals surface area contributed by atoms with Crippen LogP contribution in [0.4, 0.5) is 10.1 Å². The molecule has 0 saturated heterocycles. The first-order chi connectivity index (χ1) is 8.10. The van der Waals surface area contributed by atoms with Gasteiger partial charge in [0.05, 0.1) is 5.69 Å². The lowest BCUT2D eigenvalue weighted by Crippen LogP contribution is -2.27. The minimum absolute atomic E-state index is 0.0221. The SMILES string of the molecule is CC(C)C(CCO)Nc1cccc(F)c1C#N. The van der Waals surface area contributed by atoms with E-state index in [2.05, 4.69) is 5.32 Å². The largest absolute Gasteiger partial charge is 0.396 e. The highest BCUT2D eigenvalue weighted by molar-refractivity contribution is 5.58. The number of benzene rings is 1. The van der Waals surface area contributed by atoms with Gasteiger partial charge < -0.3 is 10.4 Å². The van der Waals surface area contributed by atoms with E-state index < -0.39 is 5.82 Å². The molecule has 0 aromatic heterocycles. The van der Waals surface area contributed by atoms with Crippen LogP contribution in [0.1, 0.15) is 25.8 Å². The lowest BCUT2D eigenvalue weighted by atomic mass is 10.0. The molecule has 0 fully saturated rings. The second kappa shape index (κ2) is 6.21. The molecular formula is C13H17FN2O. The molecule has 0 saturated carbocycles. The molecule has 2 N–H and O–H groups in total. The number of aliphatic hydroxyl groups is 1. The van der Waals surface area contributed by atoms with Crippen molar-refractivity contribution in [1.82, 2.24) is 0 Å². The molecule has 0 heterocycles. The number of halogens is 1. The maximum atomic E-state index is 13.4. The molecule has 1 unspecified atom stereocenters. The van der Waals surface area contributed by atoms with Gasteiger partial charge in [-0.1, -0.05) is 19.9 Å². The summed E-state index contributed by atoms with van der Waals surface area (Å²) >= 11 is 0. The molecule has 1 rings (SSSR count). The molecule has 1 aromatic rings. The number of hydrogen-bond donors (Lipinski definition) is 2. The molecule has 1 aromatic carbocycles. The predicted octanol–water partition coefficient (Wildman–Crippen LogP) is 2.52. The summed E-state index contributed by atoms with van der Waals surface area (Å²) in [4.78, 5) is 0. The molecule has 1 atom stereocenters. The molecule has 0 aliphatic heterocycles. The quantitative estimate of drug-likeness (QED) is 0.826. The molecule has 3 nitrogen and oxygen atoms in total. The van der Waals surface area contributed by atoms with Crippen LogP contribution in [-0.2, 0) is 0 Å². The number of nitrogens with zero attached hydrogens (tertiary/aromatic N) is 1. The standard InChI is InChI=1S/C13H17FN2O/c1-9(2)12(6-7-17)16-13-5-3-4-11(14)10(13)8-15/h3-5,9,12,16-17H,6-7H2,1-2H3. The Morgan fingerprint density at radius 3 is 2.71 bits per heavy atom. The van der Waals surface area contributed by atoms with Crippen LogP contribution in [0.25, 0.3) is 0 Å². The van der Waals surface area contributed by atoms with Crippen molar-refractivity contribution in [3.8, 4) is 6.07 Å². The number of hydrogen-bond acceptors (Lipinski definition) is 3. The maximum Gasteiger partial charge on any atom is 0.143 e. The molecule has 92 valence electrons. The Balaban J connectivity index is 2.94. The predicted molar refractivity (Wildman–Crippen MR) is 65.1 cm³/mol. The lowest BCUT2D eigenvalue weighted by Gasteiger charge is -2.23. The van der Waals surface area contributed by atoms with Gasteiger partial charge in [-0.25, -0.2) is 4.39 Å². The zero-order chi connectivity index (χ0) is 12.8. The normalized spacial score (nSPS) is 12.2. The molecular weight excluding hydrogens is 219 g/mol. The van der Waals surface area contributed by atoms with Crippen molar-refractivity contribution >= 4 is 5.69 Å². The van der Waals surface area contributed by atoms with Crippen LogP contribution in [0.3, 0.4) is 0 Å². The monoisotopic (exact) mass is 236 g/mol. The van der Waals surface area contributed by atoms with Crippen LogP contribution in [0.5, 0.6) is 0 Å². The Hall–Kier alpha value is -1.60. The summed E-state index contributed by atoms with van der Waals surface area (Å²) in [6.45, 7) is 4.09. The van der Waals surface area contributed by atoms with E-state index >= 15 is 0 Å². The maximum absolute atomic E-state index is 13.4. The van der Waals surface area contributed by atoms with E-state index in [1.165, 1.54) is 6.07 Å². The summed E-state index contributed by atoms with van der Waals surface area (Å²) in [5, 5.41) is 21.0. The first-order valence-electron chi connectivity index (χ1n) is 5.66. The van der Waals surface area contributed by atoms with Crippen molar-refractivity contribution < 1.29 is 9.50 Å². The number of nitriles is 1. The highest BCUT2D eigenvalue weighted by atomic mass is 19.1. The third kappa shape index (κ3) is 3.43. The average molecular weight is 236 g/mol. The first kappa shape index (κ1) is 13.5. The average Bonchev–Trinajstić information content (AvgIpc) is 2.28. The first-order valence-corrected chi connectivity index (χ1v) is 5.66. The van der Waals surface area contributed by atoms with E-state index in [0.717, 1.165) is 0 Å². The molecule has 17 heavy (non-hydrogen) atoms. The third-order valence-electron chi connectivity index (χ3n) is 2.71. The van der Waals surface area contributed by atoms with E-state index in [0.29, 0.717) is 12.1 Å². The third-order valence-corrected chi connectivity index (χ3v) is 2.71. The molecule has 0 aliphatic carbocycles.